The first-order valence-corrected chi connectivity index (χ1v) is 6.24. The molecule has 1 unspecified atom stereocenters. The molecule has 0 radical (unpaired) electrons. The minimum absolute atomic E-state index is 0.0180. The number of carbonyl (C=O) groups is 1. The summed E-state index contributed by atoms with van der Waals surface area (Å²) >= 11 is 0. The van der Waals surface area contributed by atoms with Crippen LogP contribution in [-0.4, -0.2) is 58.4 Å². The van der Waals surface area contributed by atoms with Gasteiger partial charge in [0, 0.05) is 12.6 Å². The molecule has 1 amide bonds. The highest BCUT2D eigenvalue weighted by molar-refractivity contribution is 5.83. The zero-order valence-corrected chi connectivity index (χ0v) is 10.9. The Kier molecular flexibility index (Phi) is 4.91. The molecular formula is C12H24N2O3. The number of aliphatic hydroxyl groups is 2. The lowest BCUT2D eigenvalue weighted by molar-refractivity contribution is -0.147. The first-order valence-electron chi connectivity index (χ1n) is 6.24. The number of carbonyl (C=O) groups excluding carboxylic acids is 1. The van der Waals surface area contributed by atoms with Gasteiger partial charge in [0.15, 0.2) is 0 Å². The SMILES string of the molecule is CC(C)NC1CCCN(C(C)(CO)CO)C1=O. The number of hydrogen-bond donors (Lipinski definition) is 3. The Morgan fingerprint density at radius 2 is 2.06 bits per heavy atom. The van der Waals surface area contributed by atoms with Crippen LogP contribution in [0.5, 0.6) is 0 Å². The van der Waals surface area contributed by atoms with Gasteiger partial charge in [-0.25, -0.2) is 0 Å². The summed E-state index contributed by atoms with van der Waals surface area (Å²) in [6, 6.07) is 0.0552. The molecular weight excluding hydrogens is 220 g/mol. The molecule has 0 aliphatic carbocycles. The van der Waals surface area contributed by atoms with E-state index in [1.165, 1.54) is 0 Å². The lowest BCUT2D eigenvalue weighted by Gasteiger charge is -2.44. The summed E-state index contributed by atoms with van der Waals surface area (Å²) in [7, 11) is 0. The topological polar surface area (TPSA) is 72.8 Å². The van der Waals surface area contributed by atoms with Crippen LogP contribution in [0.4, 0.5) is 0 Å². The van der Waals surface area contributed by atoms with Crippen LogP contribution in [0.3, 0.4) is 0 Å². The van der Waals surface area contributed by atoms with Gasteiger partial charge in [-0.05, 0) is 19.8 Å². The molecule has 1 aliphatic heterocycles. The lowest BCUT2D eigenvalue weighted by atomic mass is 9.95. The average molecular weight is 244 g/mol. The molecule has 0 bridgehead atoms. The fraction of sp³-hybridized carbons (Fsp3) is 0.917. The van der Waals surface area contributed by atoms with E-state index in [4.69, 9.17) is 0 Å². The molecule has 0 aromatic carbocycles. The van der Waals surface area contributed by atoms with Crippen molar-refractivity contribution in [2.75, 3.05) is 19.8 Å². The summed E-state index contributed by atoms with van der Waals surface area (Å²) in [5.74, 6) is -0.0180. The van der Waals surface area contributed by atoms with Gasteiger partial charge in [0.1, 0.15) is 0 Å². The van der Waals surface area contributed by atoms with Crippen LogP contribution < -0.4 is 5.32 Å². The highest BCUT2D eigenvalue weighted by Gasteiger charge is 2.39. The van der Waals surface area contributed by atoms with E-state index < -0.39 is 5.54 Å². The molecule has 5 nitrogen and oxygen atoms in total. The van der Waals surface area contributed by atoms with Gasteiger partial charge in [-0.1, -0.05) is 13.8 Å². The third-order valence-corrected chi connectivity index (χ3v) is 3.31. The maximum Gasteiger partial charge on any atom is 0.240 e. The number of amides is 1. The third kappa shape index (κ3) is 3.18. The molecule has 1 saturated heterocycles. The van der Waals surface area contributed by atoms with Crippen LogP contribution in [0.1, 0.15) is 33.6 Å². The van der Waals surface area contributed by atoms with Crippen LogP contribution in [0.25, 0.3) is 0 Å². The van der Waals surface area contributed by atoms with E-state index in [0.29, 0.717) is 6.54 Å². The van der Waals surface area contributed by atoms with Crippen molar-refractivity contribution < 1.29 is 15.0 Å². The first kappa shape index (κ1) is 14.4. The van der Waals surface area contributed by atoms with E-state index in [9.17, 15) is 15.0 Å². The summed E-state index contributed by atoms with van der Waals surface area (Å²) in [5, 5.41) is 21.9. The van der Waals surface area contributed by atoms with Crippen molar-refractivity contribution >= 4 is 5.91 Å². The molecule has 100 valence electrons. The molecule has 1 rings (SSSR count). The Morgan fingerprint density at radius 1 is 1.47 bits per heavy atom. The predicted octanol–water partition coefficient (Wildman–Crippen LogP) is -0.281. The zero-order valence-electron chi connectivity index (χ0n) is 10.9. The largest absolute Gasteiger partial charge is 0.394 e. The number of nitrogens with one attached hydrogen (secondary N) is 1. The third-order valence-electron chi connectivity index (χ3n) is 3.31. The molecule has 1 aliphatic rings. The van der Waals surface area contributed by atoms with E-state index in [-0.39, 0.29) is 31.2 Å². The molecule has 1 atom stereocenters. The van der Waals surface area contributed by atoms with Crippen LogP contribution in [0.15, 0.2) is 0 Å². The number of nitrogens with zero attached hydrogens (tertiary/aromatic N) is 1. The maximum absolute atomic E-state index is 12.3. The minimum atomic E-state index is -0.853. The molecule has 17 heavy (non-hydrogen) atoms. The zero-order chi connectivity index (χ0) is 13.1. The standard InChI is InChI=1S/C12H24N2O3/c1-9(2)13-10-5-4-6-14(11(10)17)12(3,7-15)8-16/h9-10,13,15-16H,4-8H2,1-3H3. The molecule has 1 fully saturated rings. The van der Waals surface area contributed by atoms with Gasteiger partial charge in [-0.15, -0.1) is 0 Å². The van der Waals surface area contributed by atoms with E-state index in [1.54, 1.807) is 11.8 Å². The second-order valence-corrected chi connectivity index (χ2v) is 5.32. The van der Waals surface area contributed by atoms with Crippen LogP contribution >= 0.6 is 0 Å². The summed E-state index contributed by atoms with van der Waals surface area (Å²) in [6.07, 6.45) is 1.71. The van der Waals surface area contributed by atoms with Gasteiger partial charge in [0.25, 0.3) is 0 Å². The van der Waals surface area contributed by atoms with Crippen molar-refractivity contribution in [2.24, 2.45) is 0 Å². The smallest absolute Gasteiger partial charge is 0.240 e. The van der Waals surface area contributed by atoms with E-state index in [1.807, 2.05) is 13.8 Å². The summed E-state index contributed by atoms with van der Waals surface area (Å²) in [4.78, 5) is 13.9. The van der Waals surface area contributed by atoms with Crippen molar-refractivity contribution in [1.29, 1.82) is 0 Å². The van der Waals surface area contributed by atoms with Crippen molar-refractivity contribution in [3.8, 4) is 0 Å². The van der Waals surface area contributed by atoms with Crippen molar-refractivity contribution in [3.63, 3.8) is 0 Å². The second-order valence-electron chi connectivity index (χ2n) is 5.32. The van der Waals surface area contributed by atoms with Crippen LogP contribution in [0.2, 0.25) is 0 Å². The Morgan fingerprint density at radius 3 is 2.53 bits per heavy atom. The summed E-state index contributed by atoms with van der Waals surface area (Å²) < 4.78 is 0. The molecule has 3 N–H and O–H groups in total. The Labute approximate surface area is 103 Å². The monoisotopic (exact) mass is 244 g/mol. The van der Waals surface area contributed by atoms with Crippen molar-refractivity contribution in [2.45, 2.75) is 51.2 Å². The number of hydrogen-bond acceptors (Lipinski definition) is 4. The molecule has 5 heteroatoms. The number of aliphatic hydroxyl groups excluding tert-OH is 2. The molecule has 0 aromatic heterocycles. The van der Waals surface area contributed by atoms with Gasteiger partial charge < -0.3 is 20.4 Å². The van der Waals surface area contributed by atoms with Crippen molar-refractivity contribution in [3.05, 3.63) is 0 Å². The molecule has 1 heterocycles. The summed E-state index contributed by atoms with van der Waals surface area (Å²) in [6.45, 7) is 5.88. The van der Waals surface area contributed by atoms with Gasteiger partial charge in [0.2, 0.25) is 5.91 Å². The van der Waals surface area contributed by atoms with E-state index >= 15 is 0 Å². The summed E-state index contributed by atoms with van der Waals surface area (Å²) in [5.41, 5.74) is -0.853. The average Bonchev–Trinajstić information content (AvgIpc) is 2.30. The predicted molar refractivity (Wildman–Crippen MR) is 65.6 cm³/mol. The van der Waals surface area contributed by atoms with E-state index in [0.717, 1.165) is 12.8 Å². The van der Waals surface area contributed by atoms with Crippen LogP contribution in [-0.2, 0) is 4.79 Å². The number of rotatable bonds is 5. The van der Waals surface area contributed by atoms with Gasteiger partial charge in [-0.2, -0.15) is 0 Å². The number of likely N-dealkylation sites (tertiary alicyclic amines) is 1. The van der Waals surface area contributed by atoms with Crippen molar-refractivity contribution in [1.82, 2.24) is 10.2 Å². The Hall–Kier alpha value is -0.650. The second kappa shape index (κ2) is 5.80. The lowest BCUT2D eigenvalue weighted by Crippen LogP contribution is -2.62. The minimum Gasteiger partial charge on any atom is -0.394 e. The Bertz CT molecular complexity index is 264. The van der Waals surface area contributed by atoms with E-state index in [2.05, 4.69) is 5.32 Å². The number of piperidine rings is 1. The molecule has 0 spiro atoms. The highest BCUT2D eigenvalue weighted by atomic mass is 16.3. The maximum atomic E-state index is 12.3. The normalized spacial score (nSPS) is 22.4. The Balaban J connectivity index is 2.77. The quantitative estimate of drug-likeness (QED) is 0.622. The fourth-order valence-corrected chi connectivity index (χ4v) is 2.19. The first-order chi connectivity index (χ1) is 7.94. The molecule has 0 aromatic rings. The van der Waals surface area contributed by atoms with Gasteiger partial charge in [0.05, 0.1) is 24.8 Å². The fourth-order valence-electron chi connectivity index (χ4n) is 2.19. The van der Waals surface area contributed by atoms with Gasteiger partial charge >= 0.3 is 0 Å². The van der Waals surface area contributed by atoms with Gasteiger partial charge in [-0.3, -0.25) is 4.79 Å². The van der Waals surface area contributed by atoms with Crippen LogP contribution in [0, 0.1) is 0 Å². The molecule has 0 saturated carbocycles. The highest BCUT2D eigenvalue weighted by Crippen LogP contribution is 2.22.